The molecule has 0 aromatic heterocycles. The van der Waals surface area contributed by atoms with E-state index in [4.69, 9.17) is 5.73 Å². The molecular weight excluding hydrogens is 174 g/mol. The Bertz CT molecular complexity index is 342. The molecule has 0 radical (unpaired) electrons. The van der Waals surface area contributed by atoms with E-state index in [1.165, 1.54) is 0 Å². The molecule has 0 fully saturated rings. The lowest BCUT2D eigenvalue weighted by Crippen LogP contribution is -2.08. The fraction of sp³-hybridized carbons (Fsp3) is 0.417. The Morgan fingerprint density at radius 2 is 2.07 bits per heavy atom. The maximum absolute atomic E-state index is 11.7. The molecule has 14 heavy (non-hydrogen) atoms. The van der Waals surface area contributed by atoms with Gasteiger partial charge in [0.05, 0.1) is 0 Å². The number of carbonyl (C=O) groups excluding carboxylic acids is 1. The summed E-state index contributed by atoms with van der Waals surface area (Å²) in [6.45, 7) is 5.85. The van der Waals surface area contributed by atoms with Crippen LogP contribution in [0, 0.1) is 5.92 Å². The van der Waals surface area contributed by atoms with Crippen LogP contribution in [0.5, 0.6) is 0 Å². The number of hydrogen-bond acceptors (Lipinski definition) is 2. The van der Waals surface area contributed by atoms with Gasteiger partial charge in [0.15, 0.2) is 5.78 Å². The van der Waals surface area contributed by atoms with Gasteiger partial charge in [0.2, 0.25) is 0 Å². The van der Waals surface area contributed by atoms with Crippen molar-refractivity contribution in [3.05, 3.63) is 29.3 Å². The number of rotatable bonds is 3. The van der Waals surface area contributed by atoms with Gasteiger partial charge in [0, 0.05) is 17.2 Å². The lowest BCUT2D eigenvalue weighted by Gasteiger charge is -2.07. The fourth-order valence-corrected chi connectivity index (χ4v) is 1.40. The second-order valence-electron chi connectivity index (χ2n) is 3.79. The average Bonchev–Trinajstić information content (AvgIpc) is 2.17. The molecule has 0 bridgehead atoms. The maximum Gasteiger partial charge on any atom is 0.165 e. The molecule has 1 rings (SSSR count). The number of benzene rings is 1. The van der Waals surface area contributed by atoms with Crippen molar-refractivity contribution in [2.45, 2.75) is 27.2 Å². The Labute approximate surface area is 85.1 Å². The van der Waals surface area contributed by atoms with Crippen LogP contribution in [0.2, 0.25) is 0 Å². The van der Waals surface area contributed by atoms with E-state index >= 15 is 0 Å². The van der Waals surface area contributed by atoms with Crippen molar-refractivity contribution in [1.29, 1.82) is 0 Å². The Kier molecular flexibility index (Phi) is 3.28. The van der Waals surface area contributed by atoms with Crippen LogP contribution in [-0.4, -0.2) is 5.78 Å². The molecule has 0 aliphatic carbocycles. The predicted molar refractivity (Wildman–Crippen MR) is 59.4 cm³/mol. The lowest BCUT2D eigenvalue weighted by molar-refractivity contribution is 0.0939. The molecule has 76 valence electrons. The van der Waals surface area contributed by atoms with E-state index in [2.05, 4.69) is 0 Å². The zero-order valence-electron chi connectivity index (χ0n) is 9.00. The van der Waals surface area contributed by atoms with Crippen LogP contribution < -0.4 is 5.73 Å². The number of carbonyl (C=O) groups is 1. The molecule has 0 saturated carbocycles. The van der Waals surface area contributed by atoms with Crippen molar-refractivity contribution in [1.82, 2.24) is 0 Å². The third-order valence-electron chi connectivity index (χ3n) is 2.33. The van der Waals surface area contributed by atoms with Gasteiger partial charge < -0.3 is 5.73 Å². The number of aryl methyl sites for hydroxylation is 1. The largest absolute Gasteiger partial charge is 0.399 e. The zero-order valence-corrected chi connectivity index (χ0v) is 9.00. The first-order valence-corrected chi connectivity index (χ1v) is 4.98. The molecule has 0 amide bonds. The monoisotopic (exact) mass is 191 g/mol. The molecule has 0 atom stereocenters. The summed E-state index contributed by atoms with van der Waals surface area (Å²) in [5.74, 6) is 0.225. The highest BCUT2D eigenvalue weighted by Crippen LogP contribution is 2.17. The van der Waals surface area contributed by atoms with E-state index in [1.54, 1.807) is 6.07 Å². The number of hydrogen-bond donors (Lipinski definition) is 1. The van der Waals surface area contributed by atoms with Crippen LogP contribution >= 0.6 is 0 Å². The van der Waals surface area contributed by atoms with E-state index in [1.807, 2.05) is 32.9 Å². The van der Waals surface area contributed by atoms with E-state index in [0.717, 1.165) is 23.2 Å². The minimum atomic E-state index is 0.0448. The third-order valence-corrected chi connectivity index (χ3v) is 2.33. The highest BCUT2D eigenvalue weighted by Gasteiger charge is 2.11. The Hall–Kier alpha value is -1.31. The molecule has 2 nitrogen and oxygen atoms in total. The van der Waals surface area contributed by atoms with E-state index in [0.29, 0.717) is 0 Å². The van der Waals surface area contributed by atoms with Gasteiger partial charge >= 0.3 is 0 Å². The van der Waals surface area contributed by atoms with Gasteiger partial charge in [-0.1, -0.05) is 20.8 Å². The molecule has 2 N–H and O–H groups in total. The summed E-state index contributed by atoms with van der Waals surface area (Å²) < 4.78 is 0. The molecular formula is C12H17NO. The summed E-state index contributed by atoms with van der Waals surface area (Å²) in [6, 6.07) is 5.52. The normalized spacial score (nSPS) is 10.6. The smallest absolute Gasteiger partial charge is 0.165 e. The minimum Gasteiger partial charge on any atom is -0.399 e. The van der Waals surface area contributed by atoms with Crippen molar-refractivity contribution in [3.8, 4) is 0 Å². The van der Waals surface area contributed by atoms with Gasteiger partial charge in [-0.2, -0.15) is 0 Å². The first-order chi connectivity index (χ1) is 6.56. The van der Waals surface area contributed by atoms with Crippen molar-refractivity contribution in [2.24, 2.45) is 5.92 Å². The van der Waals surface area contributed by atoms with Crippen molar-refractivity contribution in [2.75, 3.05) is 5.73 Å². The number of ketones is 1. The molecule has 0 unspecified atom stereocenters. The summed E-state index contributed by atoms with van der Waals surface area (Å²) in [4.78, 5) is 11.7. The van der Waals surface area contributed by atoms with Crippen LogP contribution in [0.15, 0.2) is 18.2 Å². The van der Waals surface area contributed by atoms with Crippen LogP contribution in [0.25, 0.3) is 0 Å². The molecule has 0 aliphatic heterocycles. The molecule has 2 heteroatoms. The summed E-state index contributed by atoms with van der Waals surface area (Å²) in [6.07, 6.45) is 0.866. The standard InChI is InChI=1S/C12H17NO/c1-4-9-7-10(5-6-11(9)13)12(14)8(2)3/h5-8H,4,13H2,1-3H3. The summed E-state index contributed by atoms with van der Waals surface area (Å²) >= 11 is 0. The number of anilines is 1. The second-order valence-corrected chi connectivity index (χ2v) is 3.79. The summed E-state index contributed by atoms with van der Waals surface area (Å²) in [5.41, 5.74) is 8.36. The molecule has 0 heterocycles. The summed E-state index contributed by atoms with van der Waals surface area (Å²) in [7, 11) is 0. The second kappa shape index (κ2) is 4.27. The van der Waals surface area contributed by atoms with Crippen LogP contribution in [0.3, 0.4) is 0 Å². The Morgan fingerprint density at radius 1 is 1.43 bits per heavy atom. The molecule has 0 spiro atoms. The number of nitrogen functional groups attached to an aromatic ring is 1. The molecule has 0 aliphatic rings. The average molecular weight is 191 g/mol. The predicted octanol–water partition coefficient (Wildman–Crippen LogP) is 2.67. The highest BCUT2D eigenvalue weighted by molar-refractivity contribution is 5.97. The number of nitrogens with two attached hydrogens (primary N) is 1. The van der Waals surface area contributed by atoms with Crippen LogP contribution in [0.4, 0.5) is 5.69 Å². The van der Waals surface area contributed by atoms with E-state index in [9.17, 15) is 4.79 Å². The van der Waals surface area contributed by atoms with Crippen molar-refractivity contribution < 1.29 is 4.79 Å². The van der Waals surface area contributed by atoms with E-state index < -0.39 is 0 Å². The van der Waals surface area contributed by atoms with Gasteiger partial charge in [-0.15, -0.1) is 0 Å². The zero-order chi connectivity index (χ0) is 10.7. The third kappa shape index (κ3) is 2.13. The number of Topliss-reactive ketones (excluding diaryl/α,β-unsaturated/α-hetero) is 1. The van der Waals surface area contributed by atoms with Gasteiger partial charge in [-0.25, -0.2) is 0 Å². The van der Waals surface area contributed by atoms with E-state index in [-0.39, 0.29) is 11.7 Å². The Balaban J connectivity index is 3.06. The van der Waals surface area contributed by atoms with Gasteiger partial charge in [0.1, 0.15) is 0 Å². The summed E-state index contributed by atoms with van der Waals surface area (Å²) in [5, 5.41) is 0. The first-order valence-electron chi connectivity index (χ1n) is 4.98. The topological polar surface area (TPSA) is 43.1 Å². The minimum absolute atomic E-state index is 0.0448. The Morgan fingerprint density at radius 3 is 2.57 bits per heavy atom. The first kappa shape index (κ1) is 10.8. The lowest BCUT2D eigenvalue weighted by atomic mass is 9.98. The van der Waals surface area contributed by atoms with Gasteiger partial charge in [-0.05, 0) is 30.2 Å². The molecule has 1 aromatic carbocycles. The SMILES string of the molecule is CCc1cc(C(=O)C(C)C)ccc1N. The van der Waals surface area contributed by atoms with Gasteiger partial charge in [-0.3, -0.25) is 4.79 Å². The molecule has 1 aromatic rings. The van der Waals surface area contributed by atoms with Crippen LogP contribution in [-0.2, 0) is 6.42 Å². The fourth-order valence-electron chi connectivity index (χ4n) is 1.40. The van der Waals surface area contributed by atoms with Gasteiger partial charge in [0.25, 0.3) is 0 Å². The maximum atomic E-state index is 11.7. The molecule has 0 saturated heterocycles. The quantitative estimate of drug-likeness (QED) is 0.589. The van der Waals surface area contributed by atoms with Crippen molar-refractivity contribution in [3.63, 3.8) is 0 Å². The highest BCUT2D eigenvalue weighted by atomic mass is 16.1. The van der Waals surface area contributed by atoms with Crippen molar-refractivity contribution >= 4 is 11.5 Å². The van der Waals surface area contributed by atoms with Crippen LogP contribution in [0.1, 0.15) is 36.7 Å².